The van der Waals surface area contributed by atoms with Crippen LogP contribution in [0.1, 0.15) is 87.1 Å². The molecule has 2 N–H and O–H groups in total. The monoisotopic (exact) mass is 566 g/mol. The van der Waals surface area contributed by atoms with Crippen LogP contribution >= 0.6 is 0 Å². The molecule has 0 aliphatic heterocycles. The van der Waals surface area contributed by atoms with E-state index in [2.05, 4.69) is 34.7 Å². The van der Waals surface area contributed by atoms with Crippen molar-refractivity contribution in [3.63, 3.8) is 0 Å². The summed E-state index contributed by atoms with van der Waals surface area (Å²) in [4.78, 5) is 26.9. The lowest BCUT2D eigenvalue weighted by molar-refractivity contribution is 0.0790. The first kappa shape index (κ1) is 29.1. The number of rotatable bonds is 11. The van der Waals surface area contributed by atoms with Gasteiger partial charge in [0.05, 0.1) is 11.1 Å². The molecule has 2 aliphatic carbocycles. The van der Waals surface area contributed by atoms with E-state index < -0.39 is 28.4 Å². The number of halogens is 2. The van der Waals surface area contributed by atoms with Gasteiger partial charge in [-0.1, -0.05) is 32.8 Å². The molecule has 2 aliphatic rings. The van der Waals surface area contributed by atoms with Gasteiger partial charge in [0, 0.05) is 32.9 Å². The van der Waals surface area contributed by atoms with E-state index >= 15 is 4.39 Å². The van der Waals surface area contributed by atoms with Crippen molar-refractivity contribution in [3.05, 3.63) is 75.5 Å². The van der Waals surface area contributed by atoms with Crippen molar-refractivity contribution in [1.29, 1.82) is 0 Å². The summed E-state index contributed by atoms with van der Waals surface area (Å²) in [6.07, 6.45) is 8.12. The zero-order valence-electron chi connectivity index (χ0n) is 24.6. The maximum absolute atomic E-state index is 15.1. The zero-order chi connectivity index (χ0) is 29.6. The lowest BCUT2D eigenvalue weighted by Crippen LogP contribution is -2.49. The minimum absolute atomic E-state index is 0.00499. The Bertz CT molecular complexity index is 1490. The highest BCUT2D eigenvalue weighted by molar-refractivity contribution is 6.04. The van der Waals surface area contributed by atoms with Gasteiger partial charge in [-0.05, 0) is 73.8 Å². The summed E-state index contributed by atoms with van der Waals surface area (Å²) < 4.78 is 32.6. The Morgan fingerprint density at radius 1 is 1.20 bits per heavy atom. The molecule has 2 heterocycles. The molecule has 1 aromatic carbocycles. The molecule has 10 heteroatoms. The standard InChI is InChI=1S/C31H40F2N6O2/c1-29(2)16-31(17-29,28-37-35-19-38(28)5)22-8-9-24(32)25(13-22)36-26(40)23-12-21(14-34-18-30(3,4)33)15-39(27(23)41)11-10-20-6-7-20/h8-9,12-13,15,19-20,34H,6-7,10-11,14,16-18H2,1-5H3,(H,36,40). The lowest BCUT2D eigenvalue weighted by atomic mass is 9.51. The summed E-state index contributed by atoms with van der Waals surface area (Å²) in [5.74, 6) is 0.116. The topological polar surface area (TPSA) is 93.8 Å². The number of pyridine rings is 1. The number of nitrogens with zero attached hydrogens (tertiary/aromatic N) is 4. The van der Waals surface area contributed by atoms with Crippen molar-refractivity contribution in [2.75, 3.05) is 11.9 Å². The van der Waals surface area contributed by atoms with Gasteiger partial charge >= 0.3 is 0 Å². The third kappa shape index (κ3) is 6.42. The molecule has 2 saturated carbocycles. The van der Waals surface area contributed by atoms with E-state index in [-0.39, 0.29) is 29.8 Å². The number of benzene rings is 1. The summed E-state index contributed by atoms with van der Waals surface area (Å²) in [7, 11) is 1.89. The third-order valence-corrected chi connectivity index (χ3v) is 8.20. The predicted molar refractivity (Wildman–Crippen MR) is 154 cm³/mol. The van der Waals surface area contributed by atoms with Crippen LogP contribution in [0, 0.1) is 17.2 Å². The first-order valence-corrected chi connectivity index (χ1v) is 14.4. The van der Waals surface area contributed by atoms with E-state index in [0.29, 0.717) is 18.0 Å². The van der Waals surface area contributed by atoms with Gasteiger partial charge in [-0.3, -0.25) is 9.59 Å². The summed E-state index contributed by atoms with van der Waals surface area (Å²) in [6, 6.07) is 6.25. The van der Waals surface area contributed by atoms with Gasteiger partial charge in [-0.25, -0.2) is 8.78 Å². The Hall–Kier alpha value is -3.40. The van der Waals surface area contributed by atoms with E-state index in [0.717, 1.165) is 43.5 Å². The van der Waals surface area contributed by atoms with Crippen molar-refractivity contribution in [3.8, 4) is 0 Å². The van der Waals surface area contributed by atoms with Crippen LogP contribution in [-0.2, 0) is 25.6 Å². The van der Waals surface area contributed by atoms with Gasteiger partial charge in [0.2, 0.25) is 0 Å². The van der Waals surface area contributed by atoms with Gasteiger partial charge in [-0.15, -0.1) is 10.2 Å². The smallest absolute Gasteiger partial charge is 0.263 e. The number of carbonyl (C=O) groups excluding carboxylic acids is 1. The molecule has 2 aromatic heterocycles. The number of aromatic nitrogens is 4. The van der Waals surface area contributed by atoms with E-state index in [1.165, 1.54) is 26.0 Å². The van der Waals surface area contributed by atoms with Crippen molar-refractivity contribution in [1.82, 2.24) is 24.6 Å². The summed E-state index contributed by atoms with van der Waals surface area (Å²) >= 11 is 0. The number of hydrogen-bond acceptors (Lipinski definition) is 5. The van der Waals surface area contributed by atoms with Crippen LogP contribution < -0.4 is 16.2 Å². The molecule has 5 rings (SSSR count). The second kappa shape index (κ2) is 10.8. The van der Waals surface area contributed by atoms with Gasteiger partial charge in [0.15, 0.2) is 0 Å². The van der Waals surface area contributed by atoms with Crippen LogP contribution in [-0.4, -0.2) is 37.5 Å². The number of amides is 1. The predicted octanol–water partition coefficient (Wildman–Crippen LogP) is 5.11. The quantitative estimate of drug-likeness (QED) is 0.336. The Labute approximate surface area is 239 Å². The Morgan fingerprint density at radius 3 is 2.54 bits per heavy atom. The number of anilines is 1. The van der Waals surface area contributed by atoms with Crippen molar-refractivity contribution < 1.29 is 13.6 Å². The fraction of sp³-hybridized carbons (Fsp3) is 0.548. The number of carbonyl (C=O) groups is 1. The molecule has 0 spiro atoms. The zero-order valence-corrected chi connectivity index (χ0v) is 24.6. The summed E-state index contributed by atoms with van der Waals surface area (Å²) in [5.41, 5.74) is -0.774. The highest BCUT2D eigenvalue weighted by Gasteiger charge is 2.54. The average Bonchev–Trinajstić information content (AvgIpc) is 3.60. The molecular formula is C31H40F2N6O2. The van der Waals surface area contributed by atoms with Crippen molar-refractivity contribution in [2.45, 2.75) is 84.0 Å². The Morgan fingerprint density at radius 2 is 1.93 bits per heavy atom. The minimum Gasteiger partial charge on any atom is -0.320 e. The number of nitrogens with one attached hydrogen (secondary N) is 2. The summed E-state index contributed by atoms with van der Waals surface area (Å²) in [6.45, 7) is 8.23. The molecule has 0 atom stereocenters. The van der Waals surface area contributed by atoms with E-state index in [4.69, 9.17) is 0 Å². The number of alkyl halides is 1. The van der Waals surface area contributed by atoms with Crippen LogP contribution in [0.25, 0.3) is 0 Å². The molecule has 0 radical (unpaired) electrons. The number of aryl methyl sites for hydroxylation is 2. The fourth-order valence-corrected chi connectivity index (χ4v) is 6.25. The van der Waals surface area contributed by atoms with E-state index in [1.807, 2.05) is 11.6 Å². The first-order chi connectivity index (χ1) is 19.3. The van der Waals surface area contributed by atoms with E-state index in [1.54, 1.807) is 29.2 Å². The van der Waals surface area contributed by atoms with Gasteiger partial charge in [0.1, 0.15) is 29.2 Å². The Kier molecular flexibility index (Phi) is 7.65. The highest BCUT2D eigenvalue weighted by Crippen LogP contribution is 2.58. The SMILES string of the molecule is Cn1cnnc1C1(c2ccc(F)c(NC(=O)c3cc(CNCC(C)(C)F)cn(CCC4CC4)c3=O)c2)CC(C)(C)C1. The second-order valence-corrected chi connectivity index (χ2v) is 13.3. The number of hydrogen-bond donors (Lipinski definition) is 2. The van der Waals surface area contributed by atoms with Crippen LogP contribution in [0.15, 0.2) is 41.6 Å². The van der Waals surface area contributed by atoms with Gasteiger partial charge < -0.3 is 19.8 Å². The average molecular weight is 567 g/mol. The van der Waals surface area contributed by atoms with Crippen molar-refractivity contribution in [2.24, 2.45) is 18.4 Å². The molecule has 1 amide bonds. The highest BCUT2D eigenvalue weighted by atomic mass is 19.1. The molecule has 2 fully saturated rings. The fourth-order valence-electron chi connectivity index (χ4n) is 6.25. The van der Waals surface area contributed by atoms with Gasteiger partial charge in [-0.2, -0.15) is 0 Å². The molecule has 8 nitrogen and oxygen atoms in total. The molecule has 0 bridgehead atoms. The van der Waals surface area contributed by atoms with Crippen LogP contribution in [0.3, 0.4) is 0 Å². The Balaban J connectivity index is 1.44. The third-order valence-electron chi connectivity index (χ3n) is 8.20. The minimum atomic E-state index is -1.40. The maximum Gasteiger partial charge on any atom is 0.263 e. The normalized spacial score (nSPS) is 17.7. The molecule has 41 heavy (non-hydrogen) atoms. The van der Waals surface area contributed by atoms with E-state index in [9.17, 15) is 14.0 Å². The van der Waals surface area contributed by atoms with Gasteiger partial charge in [0.25, 0.3) is 11.5 Å². The summed E-state index contributed by atoms with van der Waals surface area (Å²) in [5, 5.41) is 14.2. The molecular weight excluding hydrogens is 526 g/mol. The molecule has 220 valence electrons. The van der Waals surface area contributed by atoms with Crippen LogP contribution in [0.4, 0.5) is 14.5 Å². The van der Waals surface area contributed by atoms with Crippen molar-refractivity contribution >= 4 is 11.6 Å². The first-order valence-electron chi connectivity index (χ1n) is 14.4. The molecule has 3 aromatic rings. The van der Waals surface area contributed by atoms with Crippen LogP contribution in [0.5, 0.6) is 0 Å². The van der Waals surface area contributed by atoms with Crippen LogP contribution in [0.2, 0.25) is 0 Å². The maximum atomic E-state index is 15.1. The molecule has 0 unspecified atom stereocenters. The molecule has 0 saturated heterocycles. The lowest BCUT2D eigenvalue weighted by Gasteiger charge is -2.52. The second-order valence-electron chi connectivity index (χ2n) is 13.3. The largest absolute Gasteiger partial charge is 0.320 e.